The zero-order chi connectivity index (χ0) is 18.5. The van der Waals surface area contributed by atoms with Crippen LogP contribution in [0.2, 0.25) is 0 Å². The minimum Gasteiger partial charge on any atom is -0.350 e. The number of hydrogen-bond donors (Lipinski definition) is 2. The molecule has 0 heterocycles. The third-order valence-electron chi connectivity index (χ3n) is 3.90. The Morgan fingerprint density at radius 3 is 2.35 bits per heavy atom. The fraction of sp³-hybridized carbons (Fsp3) is 0.0500. The molecule has 26 heavy (non-hydrogen) atoms. The molecule has 0 aliphatic rings. The van der Waals surface area contributed by atoms with Gasteiger partial charge in [0.2, 0.25) is 0 Å². The summed E-state index contributed by atoms with van der Waals surface area (Å²) in [5, 5.41) is 17.1. The van der Waals surface area contributed by atoms with E-state index >= 15 is 0 Å². The first-order chi connectivity index (χ1) is 12.5. The maximum atomic E-state index is 12.4. The van der Waals surface area contributed by atoms with Gasteiger partial charge >= 0.3 is 0 Å². The Morgan fingerprint density at radius 2 is 1.62 bits per heavy atom. The van der Waals surface area contributed by atoms with Crippen LogP contribution in [0.5, 0.6) is 0 Å². The number of anilines is 3. The number of para-hydroxylation sites is 2. The summed E-state index contributed by atoms with van der Waals surface area (Å²) in [7, 11) is 0. The molecule has 3 aromatic rings. The predicted octanol–water partition coefficient (Wildman–Crippen LogP) is 4.90. The average molecular weight is 347 g/mol. The molecular formula is C20H17N3O3. The third kappa shape index (κ3) is 3.87. The van der Waals surface area contributed by atoms with E-state index in [-0.39, 0.29) is 11.6 Å². The summed E-state index contributed by atoms with van der Waals surface area (Å²) < 4.78 is 0. The van der Waals surface area contributed by atoms with Crippen LogP contribution in [0.4, 0.5) is 22.7 Å². The molecular weight excluding hydrogens is 330 g/mol. The first kappa shape index (κ1) is 17.2. The average Bonchev–Trinajstić information content (AvgIpc) is 2.65. The summed E-state index contributed by atoms with van der Waals surface area (Å²) in [4.78, 5) is 23.1. The number of benzene rings is 3. The Labute approximate surface area is 150 Å². The second kappa shape index (κ2) is 7.48. The topological polar surface area (TPSA) is 84.3 Å². The van der Waals surface area contributed by atoms with Crippen LogP contribution in [0.1, 0.15) is 15.9 Å². The molecule has 130 valence electrons. The minimum absolute atomic E-state index is 0.0112. The van der Waals surface area contributed by atoms with Gasteiger partial charge < -0.3 is 10.6 Å². The molecule has 0 saturated heterocycles. The minimum atomic E-state index is -0.436. The molecule has 0 radical (unpaired) electrons. The molecule has 0 spiro atoms. The van der Waals surface area contributed by atoms with Gasteiger partial charge in [-0.15, -0.1) is 0 Å². The number of nitro benzene ring substituents is 1. The molecule has 1 amide bonds. The molecule has 0 saturated carbocycles. The van der Waals surface area contributed by atoms with Gasteiger partial charge in [0.25, 0.3) is 11.6 Å². The van der Waals surface area contributed by atoms with Crippen molar-refractivity contribution in [3.8, 4) is 0 Å². The Balaban J connectivity index is 1.84. The Kier molecular flexibility index (Phi) is 4.94. The maximum absolute atomic E-state index is 12.4. The summed E-state index contributed by atoms with van der Waals surface area (Å²) in [5.74, 6) is -0.212. The van der Waals surface area contributed by atoms with Crippen molar-refractivity contribution in [1.82, 2.24) is 0 Å². The summed E-state index contributed by atoms with van der Waals surface area (Å²) in [6, 6.07) is 20.7. The maximum Gasteiger partial charge on any atom is 0.292 e. The molecule has 0 fully saturated rings. The van der Waals surface area contributed by atoms with E-state index in [2.05, 4.69) is 10.6 Å². The largest absolute Gasteiger partial charge is 0.350 e. The van der Waals surface area contributed by atoms with E-state index in [0.717, 1.165) is 5.56 Å². The summed E-state index contributed by atoms with van der Waals surface area (Å²) >= 11 is 0. The highest BCUT2D eigenvalue weighted by atomic mass is 16.6. The van der Waals surface area contributed by atoms with E-state index < -0.39 is 4.92 Å². The van der Waals surface area contributed by atoms with Gasteiger partial charge in [0.15, 0.2) is 0 Å². The molecule has 2 N–H and O–H groups in total. The Morgan fingerprint density at radius 1 is 0.923 bits per heavy atom. The lowest BCUT2D eigenvalue weighted by molar-refractivity contribution is -0.383. The molecule has 6 nitrogen and oxygen atoms in total. The first-order valence-corrected chi connectivity index (χ1v) is 8.02. The lowest BCUT2D eigenvalue weighted by Crippen LogP contribution is -2.12. The Bertz CT molecular complexity index is 956. The second-order valence-corrected chi connectivity index (χ2v) is 5.75. The molecule has 0 aliphatic heterocycles. The third-order valence-corrected chi connectivity index (χ3v) is 3.90. The van der Waals surface area contributed by atoms with Crippen LogP contribution >= 0.6 is 0 Å². The number of amides is 1. The van der Waals surface area contributed by atoms with E-state index in [1.54, 1.807) is 48.5 Å². The number of rotatable bonds is 5. The highest BCUT2D eigenvalue weighted by molar-refractivity contribution is 6.04. The number of carbonyl (C=O) groups excluding carboxylic acids is 1. The van der Waals surface area contributed by atoms with Crippen LogP contribution < -0.4 is 10.6 Å². The van der Waals surface area contributed by atoms with E-state index in [9.17, 15) is 14.9 Å². The van der Waals surface area contributed by atoms with Gasteiger partial charge in [-0.05, 0) is 42.8 Å². The monoisotopic (exact) mass is 347 g/mol. The van der Waals surface area contributed by atoms with E-state index in [1.165, 1.54) is 6.07 Å². The SMILES string of the molecule is Cc1ccc(Nc2ccccc2[N+](=O)[O-])cc1NC(=O)c1ccccc1. The zero-order valence-electron chi connectivity index (χ0n) is 14.1. The fourth-order valence-corrected chi connectivity index (χ4v) is 2.51. The second-order valence-electron chi connectivity index (χ2n) is 5.75. The van der Waals surface area contributed by atoms with Crippen LogP contribution in [0, 0.1) is 17.0 Å². The highest BCUT2D eigenvalue weighted by Gasteiger charge is 2.13. The van der Waals surface area contributed by atoms with E-state index in [0.29, 0.717) is 22.6 Å². The van der Waals surface area contributed by atoms with E-state index in [4.69, 9.17) is 0 Å². The molecule has 0 bridgehead atoms. The molecule has 3 rings (SSSR count). The number of nitrogens with one attached hydrogen (secondary N) is 2. The van der Waals surface area contributed by atoms with Gasteiger partial charge in [-0.1, -0.05) is 36.4 Å². The van der Waals surface area contributed by atoms with Crippen LogP contribution in [0.3, 0.4) is 0 Å². The van der Waals surface area contributed by atoms with Crippen molar-refractivity contribution in [2.45, 2.75) is 6.92 Å². The molecule has 0 aromatic heterocycles. The normalized spacial score (nSPS) is 10.2. The lowest BCUT2D eigenvalue weighted by atomic mass is 10.1. The number of nitro groups is 1. The quantitative estimate of drug-likeness (QED) is 0.508. The molecule has 3 aromatic carbocycles. The van der Waals surface area contributed by atoms with Crippen molar-refractivity contribution in [2.24, 2.45) is 0 Å². The van der Waals surface area contributed by atoms with E-state index in [1.807, 2.05) is 25.1 Å². The Hall–Kier alpha value is -3.67. The zero-order valence-corrected chi connectivity index (χ0v) is 14.1. The van der Waals surface area contributed by atoms with Crippen molar-refractivity contribution >= 4 is 28.7 Å². The molecule has 0 unspecified atom stereocenters. The van der Waals surface area contributed by atoms with Gasteiger partial charge in [0, 0.05) is 23.0 Å². The van der Waals surface area contributed by atoms with Gasteiger partial charge in [0.05, 0.1) is 4.92 Å². The van der Waals surface area contributed by atoms with Crippen LogP contribution in [0.15, 0.2) is 72.8 Å². The van der Waals surface area contributed by atoms with Crippen molar-refractivity contribution in [1.29, 1.82) is 0 Å². The summed E-state index contributed by atoms with van der Waals surface area (Å²) in [6.07, 6.45) is 0. The number of nitrogens with zero attached hydrogens (tertiary/aromatic N) is 1. The first-order valence-electron chi connectivity index (χ1n) is 8.02. The lowest BCUT2D eigenvalue weighted by Gasteiger charge is -2.12. The molecule has 0 atom stereocenters. The molecule has 6 heteroatoms. The standard InChI is InChI=1S/C20H17N3O3/c1-14-11-12-16(21-17-9-5-6-10-19(17)23(25)26)13-18(14)22-20(24)15-7-3-2-4-8-15/h2-13,21H,1H3,(H,22,24). The van der Waals surface area contributed by atoms with Gasteiger partial charge in [-0.3, -0.25) is 14.9 Å². The smallest absolute Gasteiger partial charge is 0.292 e. The van der Waals surface area contributed by atoms with Gasteiger partial charge in [-0.2, -0.15) is 0 Å². The number of aryl methyl sites for hydroxylation is 1. The van der Waals surface area contributed by atoms with Gasteiger partial charge in [-0.25, -0.2) is 0 Å². The van der Waals surface area contributed by atoms with Crippen molar-refractivity contribution in [3.05, 3.63) is 94.0 Å². The van der Waals surface area contributed by atoms with Crippen molar-refractivity contribution < 1.29 is 9.72 Å². The summed E-state index contributed by atoms with van der Waals surface area (Å²) in [5.41, 5.74) is 3.12. The van der Waals surface area contributed by atoms with Crippen LogP contribution in [0.25, 0.3) is 0 Å². The van der Waals surface area contributed by atoms with Crippen molar-refractivity contribution in [2.75, 3.05) is 10.6 Å². The fourth-order valence-electron chi connectivity index (χ4n) is 2.51. The summed E-state index contributed by atoms with van der Waals surface area (Å²) in [6.45, 7) is 1.88. The van der Waals surface area contributed by atoms with Crippen LogP contribution in [-0.4, -0.2) is 10.8 Å². The van der Waals surface area contributed by atoms with Crippen LogP contribution in [-0.2, 0) is 0 Å². The highest BCUT2D eigenvalue weighted by Crippen LogP contribution is 2.29. The van der Waals surface area contributed by atoms with Gasteiger partial charge in [0.1, 0.15) is 5.69 Å². The van der Waals surface area contributed by atoms with Crippen molar-refractivity contribution in [3.63, 3.8) is 0 Å². The predicted molar refractivity (Wildman–Crippen MR) is 102 cm³/mol. The number of hydrogen-bond acceptors (Lipinski definition) is 4. The molecule has 0 aliphatic carbocycles. The number of carbonyl (C=O) groups is 1.